The van der Waals surface area contributed by atoms with Crippen molar-refractivity contribution >= 4 is 18.3 Å². The SMILES string of the molecule is Cl.O=C(Cc1ccc(F)cc1F)NCC1CCNC1. The molecule has 6 heteroatoms. The van der Waals surface area contributed by atoms with Crippen molar-refractivity contribution in [3.63, 3.8) is 0 Å². The summed E-state index contributed by atoms with van der Waals surface area (Å²) >= 11 is 0. The highest BCUT2D eigenvalue weighted by Gasteiger charge is 2.15. The van der Waals surface area contributed by atoms with Gasteiger partial charge in [-0.15, -0.1) is 12.4 Å². The number of carbonyl (C=O) groups is 1. The highest BCUT2D eigenvalue weighted by molar-refractivity contribution is 5.85. The number of benzene rings is 1. The van der Waals surface area contributed by atoms with Gasteiger partial charge in [-0.3, -0.25) is 4.79 Å². The van der Waals surface area contributed by atoms with Crippen LogP contribution in [0.25, 0.3) is 0 Å². The summed E-state index contributed by atoms with van der Waals surface area (Å²) in [4.78, 5) is 11.6. The molecule has 1 aromatic rings. The maximum atomic E-state index is 13.3. The zero-order valence-electron chi connectivity index (χ0n) is 10.4. The second-order valence-electron chi connectivity index (χ2n) is 4.58. The third kappa shape index (κ3) is 4.76. The van der Waals surface area contributed by atoms with E-state index in [0.717, 1.165) is 31.6 Å². The van der Waals surface area contributed by atoms with Crippen molar-refractivity contribution < 1.29 is 13.6 Å². The summed E-state index contributed by atoms with van der Waals surface area (Å²) in [5.74, 6) is -1.08. The largest absolute Gasteiger partial charge is 0.355 e. The van der Waals surface area contributed by atoms with E-state index in [1.165, 1.54) is 6.07 Å². The van der Waals surface area contributed by atoms with Crippen LogP contribution in [0.1, 0.15) is 12.0 Å². The van der Waals surface area contributed by atoms with Crippen LogP contribution in [0.5, 0.6) is 0 Å². The number of rotatable bonds is 4. The van der Waals surface area contributed by atoms with Gasteiger partial charge >= 0.3 is 0 Å². The molecule has 1 heterocycles. The topological polar surface area (TPSA) is 41.1 Å². The van der Waals surface area contributed by atoms with Crippen LogP contribution >= 0.6 is 12.4 Å². The molecule has 3 nitrogen and oxygen atoms in total. The number of amides is 1. The third-order valence-corrected chi connectivity index (χ3v) is 3.12. The molecule has 0 spiro atoms. The van der Waals surface area contributed by atoms with Gasteiger partial charge in [0.1, 0.15) is 11.6 Å². The molecule has 1 aromatic carbocycles. The van der Waals surface area contributed by atoms with Gasteiger partial charge in [-0.1, -0.05) is 6.07 Å². The van der Waals surface area contributed by atoms with Gasteiger partial charge < -0.3 is 10.6 Å². The van der Waals surface area contributed by atoms with Gasteiger partial charge in [-0.05, 0) is 37.1 Å². The fourth-order valence-corrected chi connectivity index (χ4v) is 2.05. The fraction of sp³-hybridized carbons (Fsp3) is 0.462. The van der Waals surface area contributed by atoms with Crippen LogP contribution in [-0.2, 0) is 11.2 Å². The molecule has 2 rings (SSSR count). The van der Waals surface area contributed by atoms with E-state index in [1.807, 2.05) is 0 Å². The lowest BCUT2D eigenvalue weighted by Gasteiger charge is -2.10. The molecule has 1 atom stereocenters. The number of nitrogens with one attached hydrogen (secondary N) is 2. The van der Waals surface area contributed by atoms with E-state index < -0.39 is 11.6 Å². The van der Waals surface area contributed by atoms with Crippen molar-refractivity contribution in [3.05, 3.63) is 35.4 Å². The minimum atomic E-state index is -0.673. The van der Waals surface area contributed by atoms with Crippen molar-refractivity contribution in [2.24, 2.45) is 5.92 Å². The molecule has 0 aromatic heterocycles. The summed E-state index contributed by atoms with van der Waals surface area (Å²) in [5.41, 5.74) is 0.221. The third-order valence-electron chi connectivity index (χ3n) is 3.12. The van der Waals surface area contributed by atoms with E-state index in [9.17, 15) is 13.6 Å². The van der Waals surface area contributed by atoms with E-state index in [2.05, 4.69) is 10.6 Å². The Hall–Kier alpha value is -1.20. The van der Waals surface area contributed by atoms with Crippen molar-refractivity contribution in [1.29, 1.82) is 0 Å². The normalized spacial score (nSPS) is 17.9. The quantitative estimate of drug-likeness (QED) is 0.885. The lowest BCUT2D eigenvalue weighted by atomic mass is 10.1. The maximum absolute atomic E-state index is 13.3. The monoisotopic (exact) mass is 290 g/mol. The summed E-state index contributed by atoms with van der Waals surface area (Å²) in [6.07, 6.45) is 0.997. The van der Waals surface area contributed by atoms with Crippen molar-refractivity contribution in [2.45, 2.75) is 12.8 Å². The zero-order chi connectivity index (χ0) is 13.0. The first-order chi connectivity index (χ1) is 8.65. The predicted octanol–water partition coefficient (Wildman–Crippen LogP) is 1.65. The molecule has 106 valence electrons. The van der Waals surface area contributed by atoms with Crippen LogP contribution in [0.4, 0.5) is 8.78 Å². The lowest BCUT2D eigenvalue weighted by Crippen LogP contribution is -2.31. The molecule has 0 aliphatic carbocycles. The highest BCUT2D eigenvalue weighted by Crippen LogP contribution is 2.10. The Morgan fingerprint density at radius 3 is 2.84 bits per heavy atom. The van der Waals surface area contributed by atoms with Crippen LogP contribution < -0.4 is 10.6 Å². The first-order valence-corrected chi connectivity index (χ1v) is 6.06. The Bertz CT molecular complexity index is 437. The van der Waals surface area contributed by atoms with Crippen LogP contribution in [0.15, 0.2) is 18.2 Å². The first kappa shape index (κ1) is 15.9. The van der Waals surface area contributed by atoms with Gasteiger partial charge in [0, 0.05) is 12.6 Å². The average Bonchev–Trinajstić information content (AvgIpc) is 2.83. The number of hydrogen-bond donors (Lipinski definition) is 2. The smallest absolute Gasteiger partial charge is 0.224 e. The van der Waals surface area contributed by atoms with E-state index in [1.54, 1.807) is 0 Å². The first-order valence-electron chi connectivity index (χ1n) is 6.06. The van der Waals surface area contributed by atoms with E-state index in [-0.39, 0.29) is 30.3 Å². The van der Waals surface area contributed by atoms with E-state index in [0.29, 0.717) is 12.5 Å². The summed E-state index contributed by atoms with van der Waals surface area (Å²) < 4.78 is 26.0. The molecule has 1 saturated heterocycles. The molecular formula is C13H17ClF2N2O. The molecule has 1 aliphatic heterocycles. The number of hydrogen-bond acceptors (Lipinski definition) is 2. The second-order valence-corrected chi connectivity index (χ2v) is 4.58. The fourth-order valence-electron chi connectivity index (χ4n) is 2.05. The van der Waals surface area contributed by atoms with Crippen LogP contribution in [0.2, 0.25) is 0 Å². The number of halogens is 3. The van der Waals surface area contributed by atoms with E-state index >= 15 is 0 Å². The summed E-state index contributed by atoms with van der Waals surface area (Å²) in [6.45, 7) is 2.49. The Labute approximate surface area is 117 Å². The van der Waals surface area contributed by atoms with E-state index in [4.69, 9.17) is 0 Å². The second kappa shape index (κ2) is 7.40. The summed E-state index contributed by atoms with van der Waals surface area (Å²) in [7, 11) is 0. The Morgan fingerprint density at radius 2 is 2.21 bits per heavy atom. The van der Waals surface area contributed by atoms with Gasteiger partial charge in [-0.25, -0.2) is 8.78 Å². The molecule has 1 aliphatic rings. The van der Waals surface area contributed by atoms with Gasteiger partial charge in [0.25, 0.3) is 0 Å². The van der Waals surface area contributed by atoms with Crippen molar-refractivity contribution in [2.75, 3.05) is 19.6 Å². The summed E-state index contributed by atoms with van der Waals surface area (Å²) in [5, 5.41) is 5.98. The highest BCUT2D eigenvalue weighted by atomic mass is 35.5. The Morgan fingerprint density at radius 1 is 1.42 bits per heavy atom. The molecule has 1 amide bonds. The predicted molar refractivity (Wildman–Crippen MR) is 71.3 cm³/mol. The minimum absolute atomic E-state index is 0. The molecule has 1 unspecified atom stereocenters. The molecule has 0 bridgehead atoms. The van der Waals surface area contributed by atoms with Gasteiger partial charge in [0.05, 0.1) is 6.42 Å². The van der Waals surface area contributed by atoms with Gasteiger partial charge in [-0.2, -0.15) is 0 Å². The molecule has 1 fully saturated rings. The zero-order valence-corrected chi connectivity index (χ0v) is 11.2. The average molecular weight is 291 g/mol. The van der Waals surface area contributed by atoms with Crippen molar-refractivity contribution in [1.82, 2.24) is 10.6 Å². The van der Waals surface area contributed by atoms with Crippen molar-refractivity contribution in [3.8, 4) is 0 Å². The minimum Gasteiger partial charge on any atom is -0.355 e. The van der Waals surface area contributed by atoms with Gasteiger partial charge in [0.15, 0.2) is 0 Å². The maximum Gasteiger partial charge on any atom is 0.224 e. The molecular weight excluding hydrogens is 274 g/mol. The number of carbonyl (C=O) groups excluding carboxylic acids is 1. The van der Waals surface area contributed by atoms with Crippen LogP contribution in [0.3, 0.4) is 0 Å². The Balaban J connectivity index is 0.00000180. The van der Waals surface area contributed by atoms with Gasteiger partial charge in [0.2, 0.25) is 5.91 Å². The molecule has 0 radical (unpaired) electrons. The standard InChI is InChI=1S/C13H16F2N2O.ClH/c14-11-2-1-10(12(15)6-11)5-13(18)17-8-9-3-4-16-7-9;/h1-2,6,9,16H,3-5,7-8H2,(H,17,18);1H. The summed E-state index contributed by atoms with van der Waals surface area (Å²) in [6, 6.07) is 3.26. The van der Waals surface area contributed by atoms with Crippen LogP contribution in [0, 0.1) is 17.6 Å². The molecule has 0 saturated carbocycles. The molecule has 19 heavy (non-hydrogen) atoms. The Kier molecular flexibility index (Phi) is 6.18. The molecule has 2 N–H and O–H groups in total. The van der Waals surface area contributed by atoms with Crippen LogP contribution in [-0.4, -0.2) is 25.5 Å². The lowest BCUT2D eigenvalue weighted by molar-refractivity contribution is -0.120.